The number of ether oxygens (including phenoxy) is 2. The summed E-state index contributed by atoms with van der Waals surface area (Å²) in [5.41, 5.74) is -0.418. The highest BCUT2D eigenvalue weighted by atomic mass is 79.9. The van der Waals surface area contributed by atoms with Crippen molar-refractivity contribution in [1.29, 1.82) is 0 Å². The summed E-state index contributed by atoms with van der Waals surface area (Å²) in [6.45, 7) is 2.52. The molecule has 4 nitrogen and oxygen atoms in total. The van der Waals surface area contributed by atoms with Crippen molar-refractivity contribution in [3.8, 4) is 17.0 Å². The van der Waals surface area contributed by atoms with E-state index in [-0.39, 0.29) is 29.2 Å². The van der Waals surface area contributed by atoms with Crippen LogP contribution in [0.15, 0.2) is 33.5 Å². The highest BCUT2D eigenvalue weighted by Gasteiger charge is 2.18. The number of aromatic nitrogens is 1. The second-order valence-electron chi connectivity index (χ2n) is 4.72. The van der Waals surface area contributed by atoms with Crippen LogP contribution in [-0.4, -0.2) is 24.9 Å². The second-order valence-corrected chi connectivity index (χ2v) is 5.57. The zero-order chi connectivity index (χ0) is 17.0. The molecule has 1 aromatic heterocycles. The van der Waals surface area contributed by atoms with Gasteiger partial charge in [-0.25, -0.2) is 8.78 Å². The van der Waals surface area contributed by atoms with E-state index in [9.17, 15) is 13.6 Å². The van der Waals surface area contributed by atoms with E-state index in [1.165, 1.54) is 23.8 Å². The molecule has 0 radical (unpaired) electrons. The number of hydrogen-bond acceptors (Lipinski definition) is 3. The average Bonchev–Trinajstić information content (AvgIpc) is 2.50. The van der Waals surface area contributed by atoms with Crippen LogP contribution in [-0.2, 0) is 11.3 Å². The summed E-state index contributed by atoms with van der Waals surface area (Å²) >= 11 is 3.12. The Balaban J connectivity index is 2.49. The maximum Gasteiger partial charge on any atom is 0.265 e. The Morgan fingerprint density at radius 2 is 1.83 bits per heavy atom. The van der Waals surface area contributed by atoms with Crippen molar-refractivity contribution >= 4 is 15.9 Å². The standard InChI is InChI=1S/C16H16BrF2NO3/c1-3-20-14(5-4-11(17)16(20)21)15-12(18)8-10(9-13(15)19)23-7-6-22-2/h4-5,8-9H,3,6-7H2,1-2H3. The highest BCUT2D eigenvalue weighted by Crippen LogP contribution is 2.29. The van der Waals surface area contributed by atoms with Gasteiger partial charge in [0.05, 0.1) is 22.3 Å². The summed E-state index contributed by atoms with van der Waals surface area (Å²) in [6.07, 6.45) is 0. The van der Waals surface area contributed by atoms with Gasteiger partial charge in [-0.1, -0.05) is 0 Å². The van der Waals surface area contributed by atoms with Crippen LogP contribution < -0.4 is 10.3 Å². The summed E-state index contributed by atoms with van der Waals surface area (Å²) in [5.74, 6) is -1.51. The smallest absolute Gasteiger partial charge is 0.265 e. The molecule has 2 rings (SSSR count). The average molecular weight is 388 g/mol. The summed E-state index contributed by atoms with van der Waals surface area (Å²) < 4.78 is 40.4. The third-order valence-corrected chi connectivity index (χ3v) is 3.88. The predicted molar refractivity (Wildman–Crippen MR) is 86.8 cm³/mol. The molecule has 0 saturated carbocycles. The zero-order valence-corrected chi connectivity index (χ0v) is 14.3. The first-order chi connectivity index (χ1) is 11.0. The van der Waals surface area contributed by atoms with Crippen molar-refractivity contribution in [3.05, 3.63) is 50.7 Å². The topological polar surface area (TPSA) is 40.5 Å². The van der Waals surface area contributed by atoms with Crippen LogP contribution >= 0.6 is 15.9 Å². The van der Waals surface area contributed by atoms with Crippen LogP contribution in [0.25, 0.3) is 11.3 Å². The Morgan fingerprint density at radius 3 is 2.39 bits per heavy atom. The monoisotopic (exact) mass is 387 g/mol. The van der Waals surface area contributed by atoms with Crippen LogP contribution in [0.1, 0.15) is 6.92 Å². The molecule has 0 atom stereocenters. The molecule has 0 bridgehead atoms. The highest BCUT2D eigenvalue weighted by molar-refractivity contribution is 9.10. The number of nitrogens with zero attached hydrogens (tertiary/aromatic N) is 1. The largest absolute Gasteiger partial charge is 0.491 e. The molecule has 0 spiro atoms. The van der Waals surface area contributed by atoms with E-state index in [1.54, 1.807) is 6.92 Å². The van der Waals surface area contributed by atoms with E-state index in [0.29, 0.717) is 17.6 Å². The van der Waals surface area contributed by atoms with Gasteiger partial charge in [-0.05, 0) is 35.0 Å². The van der Waals surface area contributed by atoms with Crippen LogP contribution in [0.4, 0.5) is 8.78 Å². The third kappa shape index (κ3) is 3.79. The zero-order valence-electron chi connectivity index (χ0n) is 12.7. The maximum atomic E-state index is 14.4. The molecule has 0 aliphatic heterocycles. The molecule has 0 N–H and O–H groups in total. The van der Waals surface area contributed by atoms with Gasteiger partial charge < -0.3 is 14.0 Å². The van der Waals surface area contributed by atoms with E-state index < -0.39 is 11.6 Å². The molecule has 0 saturated heterocycles. The van der Waals surface area contributed by atoms with E-state index in [2.05, 4.69) is 15.9 Å². The minimum Gasteiger partial charge on any atom is -0.491 e. The lowest BCUT2D eigenvalue weighted by atomic mass is 10.1. The summed E-state index contributed by atoms with van der Waals surface area (Å²) in [7, 11) is 1.51. The van der Waals surface area contributed by atoms with Gasteiger partial charge in [0.2, 0.25) is 0 Å². The van der Waals surface area contributed by atoms with Gasteiger partial charge in [0.25, 0.3) is 5.56 Å². The molecule has 0 unspecified atom stereocenters. The molecule has 124 valence electrons. The lowest BCUT2D eigenvalue weighted by Crippen LogP contribution is -2.21. The van der Waals surface area contributed by atoms with E-state index >= 15 is 0 Å². The lowest BCUT2D eigenvalue weighted by molar-refractivity contribution is 0.146. The predicted octanol–water partition coefficient (Wildman–Crippen LogP) is 3.60. The minimum absolute atomic E-state index is 0.0725. The molecule has 0 aliphatic rings. The van der Waals surface area contributed by atoms with E-state index in [4.69, 9.17) is 9.47 Å². The van der Waals surface area contributed by atoms with Gasteiger partial charge in [-0.15, -0.1) is 0 Å². The Bertz CT molecular complexity index is 738. The quantitative estimate of drug-likeness (QED) is 0.711. The van der Waals surface area contributed by atoms with E-state index in [1.807, 2.05) is 0 Å². The fourth-order valence-corrected chi connectivity index (χ4v) is 2.55. The van der Waals surface area contributed by atoms with Crippen molar-refractivity contribution in [3.63, 3.8) is 0 Å². The van der Waals surface area contributed by atoms with Gasteiger partial charge in [-0.3, -0.25) is 4.79 Å². The molecular weight excluding hydrogens is 372 g/mol. The van der Waals surface area contributed by atoms with Gasteiger partial charge in [0, 0.05) is 25.8 Å². The van der Waals surface area contributed by atoms with Gasteiger partial charge in [-0.2, -0.15) is 0 Å². The van der Waals surface area contributed by atoms with Crippen LogP contribution in [0.2, 0.25) is 0 Å². The van der Waals surface area contributed by atoms with Crippen molar-refractivity contribution in [2.24, 2.45) is 0 Å². The number of benzene rings is 1. The van der Waals surface area contributed by atoms with Crippen molar-refractivity contribution in [1.82, 2.24) is 4.57 Å². The van der Waals surface area contributed by atoms with E-state index in [0.717, 1.165) is 12.1 Å². The Labute approximate surface area is 140 Å². The molecule has 23 heavy (non-hydrogen) atoms. The molecule has 2 aromatic rings. The van der Waals surface area contributed by atoms with Crippen molar-refractivity contribution in [2.75, 3.05) is 20.3 Å². The fourth-order valence-electron chi connectivity index (χ4n) is 2.20. The van der Waals surface area contributed by atoms with Crippen LogP contribution in [0.3, 0.4) is 0 Å². The number of methoxy groups -OCH3 is 1. The Morgan fingerprint density at radius 1 is 1.17 bits per heavy atom. The van der Waals surface area contributed by atoms with Crippen LogP contribution in [0.5, 0.6) is 5.75 Å². The lowest BCUT2D eigenvalue weighted by Gasteiger charge is -2.14. The summed E-state index contributed by atoms with van der Waals surface area (Å²) in [5, 5.41) is 0. The molecule has 1 heterocycles. The van der Waals surface area contributed by atoms with Crippen LogP contribution in [0, 0.1) is 11.6 Å². The van der Waals surface area contributed by atoms with Gasteiger partial charge in [0.1, 0.15) is 24.0 Å². The number of rotatable bonds is 6. The first kappa shape index (κ1) is 17.6. The fraction of sp³-hybridized carbons (Fsp3) is 0.312. The first-order valence-corrected chi connectivity index (χ1v) is 7.79. The number of halogens is 3. The number of hydrogen-bond donors (Lipinski definition) is 0. The molecule has 0 amide bonds. The van der Waals surface area contributed by atoms with Crippen molar-refractivity contribution in [2.45, 2.75) is 13.5 Å². The minimum atomic E-state index is -0.790. The Kier molecular flexibility index (Phi) is 5.90. The summed E-state index contributed by atoms with van der Waals surface area (Å²) in [4.78, 5) is 12.1. The molecular formula is C16H16BrF2NO3. The second kappa shape index (κ2) is 7.70. The summed E-state index contributed by atoms with van der Waals surface area (Å²) in [6, 6.07) is 5.18. The molecule has 0 aliphatic carbocycles. The SMILES string of the molecule is CCn1c(-c2c(F)cc(OCCOC)cc2F)ccc(Br)c1=O. The first-order valence-electron chi connectivity index (χ1n) is 7.00. The molecule has 0 fully saturated rings. The molecule has 1 aromatic carbocycles. The maximum absolute atomic E-state index is 14.4. The normalized spacial score (nSPS) is 10.8. The molecule has 7 heteroatoms. The Hall–Kier alpha value is -1.73. The third-order valence-electron chi connectivity index (χ3n) is 3.27. The number of pyridine rings is 1. The van der Waals surface area contributed by atoms with Gasteiger partial charge in [0.15, 0.2) is 0 Å². The van der Waals surface area contributed by atoms with Crippen molar-refractivity contribution < 1.29 is 18.3 Å². The van der Waals surface area contributed by atoms with Gasteiger partial charge >= 0.3 is 0 Å².